The first kappa shape index (κ1) is 23.0. The number of phenols is 3. The van der Waals surface area contributed by atoms with Crippen LogP contribution in [-0.2, 0) is 0 Å². The normalized spacial score (nSPS) is 12.0. The van der Waals surface area contributed by atoms with Gasteiger partial charge in [0.25, 0.3) is 0 Å². The average molecular weight is 460 g/mol. The molecular formula is C22H25N3O6S. The standard InChI is InChI=1S/C22H25N3O6S/c1-12(2)24-22-25(23-10-13-6-7-16(26)20(28)19(13)27)15(11-32-22)14-8-17(29-3)21(31-5)18(9-14)30-4/h6-12,26-28H,1-5H3. The smallest absolute Gasteiger partial charge is 0.206 e. The highest BCUT2D eigenvalue weighted by molar-refractivity contribution is 7.07. The van der Waals surface area contributed by atoms with Gasteiger partial charge in [0.15, 0.2) is 23.0 Å². The molecule has 0 unspecified atom stereocenters. The molecule has 10 heteroatoms. The van der Waals surface area contributed by atoms with Crippen LogP contribution in [-0.4, -0.2) is 53.6 Å². The molecule has 0 saturated heterocycles. The Labute approximate surface area is 189 Å². The van der Waals surface area contributed by atoms with Gasteiger partial charge in [0.05, 0.1) is 33.2 Å². The van der Waals surface area contributed by atoms with E-state index in [0.717, 1.165) is 5.56 Å². The number of ether oxygens (including phenoxy) is 3. The third kappa shape index (κ3) is 4.50. The Kier molecular flexibility index (Phi) is 6.94. The summed E-state index contributed by atoms with van der Waals surface area (Å²) in [5, 5.41) is 35.9. The van der Waals surface area contributed by atoms with Gasteiger partial charge in [-0.1, -0.05) is 0 Å². The lowest BCUT2D eigenvalue weighted by molar-refractivity contribution is 0.324. The minimum Gasteiger partial charge on any atom is -0.504 e. The lowest BCUT2D eigenvalue weighted by atomic mass is 10.1. The number of rotatable bonds is 7. The predicted octanol–water partition coefficient (Wildman–Crippen LogP) is 3.55. The van der Waals surface area contributed by atoms with Crippen LogP contribution >= 0.6 is 11.3 Å². The van der Waals surface area contributed by atoms with Crippen molar-refractivity contribution in [1.82, 2.24) is 4.68 Å². The minimum atomic E-state index is -0.610. The summed E-state index contributed by atoms with van der Waals surface area (Å²) in [5.41, 5.74) is 1.67. The van der Waals surface area contributed by atoms with Crippen molar-refractivity contribution >= 4 is 17.6 Å². The van der Waals surface area contributed by atoms with Gasteiger partial charge in [-0.15, -0.1) is 11.3 Å². The van der Waals surface area contributed by atoms with Gasteiger partial charge in [0, 0.05) is 22.5 Å². The number of aromatic nitrogens is 1. The summed E-state index contributed by atoms with van der Waals surface area (Å²) in [4.78, 5) is 5.25. The van der Waals surface area contributed by atoms with Crippen molar-refractivity contribution in [3.05, 3.63) is 40.0 Å². The maximum atomic E-state index is 10.1. The summed E-state index contributed by atoms with van der Waals surface area (Å²) >= 11 is 1.40. The zero-order valence-electron chi connectivity index (χ0n) is 18.4. The van der Waals surface area contributed by atoms with Crippen molar-refractivity contribution in [3.63, 3.8) is 0 Å². The van der Waals surface area contributed by atoms with E-state index in [9.17, 15) is 15.3 Å². The number of hydrogen-bond acceptors (Lipinski definition) is 9. The number of hydrogen-bond donors (Lipinski definition) is 3. The first-order valence-electron chi connectivity index (χ1n) is 9.63. The van der Waals surface area contributed by atoms with Crippen LogP contribution < -0.4 is 19.0 Å². The molecule has 32 heavy (non-hydrogen) atoms. The Hall–Kier alpha value is -3.66. The number of nitrogens with zero attached hydrogens (tertiary/aromatic N) is 3. The third-order valence-electron chi connectivity index (χ3n) is 4.49. The van der Waals surface area contributed by atoms with Crippen LogP contribution in [0.5, 0.6) is 34.5 Å². The molecule has 3 rings (SSSR count). The predicted molar refractivity (Wildman–Crippen MR) is 123 cm³/mol. The molecule has 3 N–H and O–H groups in total. The molecule has 0 bridgehead atoms. The fourth-order valence-electron chi connectivity index (χ4n) is 2.96. The van der Waals surface area contributed by atoms with Gasteiger partial charge >= 0.3 is 0 Å². The first-order valence-corrected chi connectivity index (χ1v) is 10.5. The number of methoxy groups -OCH3 is 3. The van der Waals surface area contributed by atoms with Crippen LogP contribution in [0.15, 0.2) is 39.7 Å². The van der Waals surface area contributed by atoms with Crippen molar-refractivity contribution in [1.29, 1.82) is 0 Å². The van der Waals surface area contributed by atoms with Crippen molar-refractivity contribution < 1.29 is 29.5 Å². The van der Waals surface area contributed by atoms with E-state index in [1.54, 1.807) is 31.0 Å². The number of phenolic OH excluding ortho intramolecular Hbond substituents is 3. The molecule has 9 nitrogen and oxygen atoms in total. The average Bonchev–Trinajstić information content (AvgIpc) is 3.17. The number of aromatic hydroxyl groups is 3. The number of benzene rings is 2. The highest BCUT2D eigenvalue weighted by atomic mass is 32.1. The summed E-state index contributed by atoms with van der Waals surface area (Å²) in [6.07, 6.45) is 1.38. The van der Waals surface area contributed by atoms with E-state index in [1.807, 2.05) is 19.2 Å². The molecule has 3 aromatic rings. The maximum absolute atomic E-state index is 10.1. The molecule has 0 amide bonds. The summed E-state index contributed by atoms with van der Waals surface area (Å²) in [6, 6.07) is 6.35. The summed E-state index contributed by atoms with van der Waals surface area (Å²) in [5.74, 6) is -0.0430. The molecular weight excluding hydrogens is 434 g/mol. The Balaban J connectivity index is 2.20. The second-order valence-corrected chi connectivity index (χ2v) is 7.80. The fraction of sp³-hybridized carbons (Fsp3) is 0.273. The van der Waals surface area contributed by atoms with Crippen molar-refractivity contribution in [3.8, 4) is 45.8 Å². The van der Waals surface area contributed by atoms with Crippen molar-refractivity contribution in [2.24, 2.45) is 10.1 Å². The van der Waals surface area contributed by atoms with Crippen molar-refractivity contribution in [2.45, 2.75) is 19.9 Å². The van der Waals surface area contributed by atoms with Gasteiger partial charge in [0.1, 0.15) is 0 Å². The maximum Gasteiger partial charge on any atom is 0.206 e. The van der Waals surface area contributed by atoms with Crippen LogP contribution in [0.3, 0.4) is 0 Å². The second kappa shape index (κ2) is 9.65. The molecule has 0 aliphatic rings. The molecule has 0 radical (unpaired) electrons. The Morgan fingerprint density at radius 2 is 1.62 bits per heavy atom. The van der Waals surface area contributed by atoms with Crippen LogP contribution in [0.1, 0.15) is 19.4 Å². The monoisotopic (exact) mass is 459 g/mol. The molecule has 0 spiro atoms. The van der Waals surface area contributed by atoms with Crippen LogP contribution in [0, 0.1) is 0 Å². The lowest BCUT2D eigenvalue weighted by Crippen LogP contribution is -2.14. The molecule has 0 saturated carbocycles. The zero-order valence-corrected chi connectivity index (χ0v) is 19.2. The minimum absolute atomic E-state index is 0.0222. The molecule has 0 fully saturated rings. The zero-order chi connectivity index (χ0) is 23.4. The number of thiazole rings is 1. The fourth-order valence-corrected chi connectivity index (χ4v) is 3.93. The van der Waals surface area contributed by atoms with Gasteiger partial charge in [0.2, 0.25) is 16.3 Å². The lowest BCUT2D eigenvalue weighted by Gasteiger charge is -2.14. The van der Waals surface area contributed by atoms with Crippen molar-refractivity contribution in [2.75, 3.05) is 21.3 Å². The first-order chi connectivity index (χ1) is 15.3. The van der Waals surface area contributed by atoms with Gasteiger partial charge < -0.3 is 29.5 Å². The Bertz CT molecular complexity index is 1190. The van der Waals surface area contributed by atoms with E-state index in [2.05, 4.69) is 10.1 Å². The quantitative estimate of drug-likeness (QED) is 0.367. The third-order valence-corrected chi connectivity index (χ3v) is 5.32. The van der Waals surface area contributed by atoms with Gasteiger partial charge in [-0.25, -0.2) is 4.68 Å². The van der Waals surface area contributed by atoms with Gasteiger partial charge in [-0.05, 0) is 38.1 Å². The molecule has 2 aromatic carbocycles. The molecule has 0 aliphatic heterocycles. The summed E-state index contributed by atoms with van der Waals surface area (Å²) in [6.45, 7) is 3.91. The van der Waals surface area contributed by atoms with Crippen LogP contribution in [0.4, 0.5) is 0 Å². The Morgan fingerprint density at radius 1 is 0.969 bits per heavy atom. The molecule has 170 valence electrons. The SMILES string of the molecule is COc1cc(-c2csc(=NC(C)C)n2N=Cc2ccc(O)c(O)c2O)cc(OC)c1OC. The van der Waals surface area contributed by atoms with E-state index >= 15 is 0 Å². The largest absolute Gasteiger partial charge is 0.504 e. The van der Waals surface area contributed by atoms with E-state index in [-0.39, 0.29) is 11.6 Å². The topological polar surface area (TPSA) is 118 Å². The van der Waals surface area contributed by atoms with Crippen LogP contribution in [0.25, 0.3) is 11.3 Å². The summed E-state index contributed by atoms with van der Waals surface area (Å²) in [7, 11) is 4.62. The molecule has 1 heterocycles. The van der Waals surface area contributed by atoms with E-state index in [1.165, 1.54) is 36.8 Å². The highest BCUT2D eigenvalue weighted by Crippen LogP contribution is 2.41. The van der Waals surface area contributed by atoms with Crippen LogP contribution in [0.2, 0.25) is 0 Å². The Morgan fingerprint density at radius 3 is 2.19 bits per heavy atom. The highest BCUT2D eigenvalue weighted by Gasteiger charge is 2.17. The molecule has 1 aromatic heterocycles. The summed E-state index contributed by atoms with van der Waals surface area (Å²) < 4.78 is 18.0. The second-order valence-electron chi connectivity index (χ2n) is 6.97. The van der Waals surface area contributed by atoms with E-state index in [4.69, 9.17) is 14.2 Å². The van der Waals surface area contributed by atoms with Gasteiger partial charge in [-0.2, -0.15) is 5.10 Å². The van der Waals surface area contributed by atoms with E-state index in [0.29, 0.717) is 27.7 Å². The molecule has 0 aliphatic carbocycles. The van der Waals surface area contributed by atoms with Gasteiger partial charge in [-0.3, -0.25) is 4.99 Å². The van der Waals surface area contributed by atoms with E-state index < -0.39 is 17.2 Å². The molecule has 0 atom stereocenters.